The van der Waals surface area contributed by atoms with Crippen molar-refractivity contribution >= 4 is 5.97 Å². The van der Waals surface area contributed by atoms with Crippen molar-refractivity contribution in [3.05, 3.63) is 17.5 Å². The van der Waals surface area contributed by atoms with Crippen LogP contribution in [0.3, 0.4) is 0 Å². The van der Waals surface area contributed by atoms with E-state index >= 15 is 0 Å². The Labute approximate surface area is 78.1 Å². The van der Waals surface area contributed by atoms with Gasteiger partial charge in [-0.3, -0.25) is 4.68 Å². The van der Waals surface area contributed by atoms with E-state index in [0.717, 1.165) is 6.20 Å². The molecule has 4 nitrogen and oxygen atoms in total. The van der Waals surface area contributed by atoms with Crippen molar-refractivity contribution in [2.45, 2.75) is 18.3 Å². The monoisotopic (exact) mass is 202 g/mol. The number of aromatic carboxylic acids is 1. The highest BCUT2D eigenvalue weighted by Crippen LogP contribution is 2.56. The standard InChI is InChI=1S/C8H8F2N2O2/c1-12-6(5-2-8(5,9)10)4(3-11-12)7(13)14/h3,5H,2H2,1H3,(H,13,14). The molecule has 2 rings (SSSR count). The number of carboxylic acids is 1. The van der Waals surface area contributed by atoms with Crippen molar-refractivity contribution in [2.24, 2.45) is 7.05 Å². The van der Waals surface area contributed by atoms with Crippen LogP contribution in [0.2, 0.25) is 0 Å². The maximum absolute atomic E-state index is 12.7. The molecule has 0 bridgehead atoms. The molecule has 0 saturated heterocycles. The Morgan fingerprint density at radius 1 is 1.79 bits per heavy atom. The molecule has 0 spiro atoms. The first-order valence-electron chi connectivity index (χ1n) is 4.06. The van der Waals surface area contributed by atoms with Crippen molar-refractivity contribution < 1.29 is 18.7 Å². The third-order valence-electron chi connectivity index (χ3n) is 2.37. The molecular weight excluding hydrogens is 194 g/mol. The van der Waals surface area contributed by atoms with E-state index in [4.69, 9.17) is 5.11 Å². The van der Waals surface area contributed by atoms with Crippen LogP contribution in [0.25, 0.3) is 0 Å². The summed E-state index contributed by atoms with van der Waals surface area (Å²) < 4.78 is 26.7. The lowest BCUT2D eigenvalue weighted by Crippen LogP contribution is -2.06. The van der Waals surface area contributed by atoms with Crippen LogP contribution in [0.5, 0.6) is 0 Å². The molecule has 76 valence electrons. The van der Waals surface area contributed by atoms with E-state index < -0.39 is 17.8 Å². The molecule has 1 unspecified atom stereocenters. The minimum Gasteiger partial charge on any atom is -0.478 e. The number of carbonyl (C=O) groups is 1. The van der Waals surface area contributed by atoms with Crippen LogP contribution in [0.15, 0.2) is 6.20 Å². The van der Waals surface area contributed by atoms with Gasteiger partial charge < -0.3 is 5.11 Å². The molecule has 0 amide bonds. The fourth-order valence-electron chi connectivity index (χ4n) is 1.53. The number of rotatable bonds is 2. The molecule has 0 aliphatic heterocycles. The van der Waals surface area contributed by atoms with Crippen molar-refractivity contribution in [1.29, 1.82) is 0 Å². The number of carboxylic acid groups (broad SMARTS) is 1. The van der Waals surface area contributed by atoms with E-state index in [0.29, 0.717) is 0 Å². The lowest BCUT2D eigenvalue weighted by Gasteiger charge is -2.01. The van der Waals surface area contributed by atoms with E-state index in [9.17, 15) is 13.6 Å². The first-order valence-corrected chi connectivity index (χ1v) is 4.06. The summed E-state index contributed by atoms with van der Waals surface area (Å²) in [5.74, 6) is -4.96. The fraction of sp³-hybridized carbons (Fsp3) is 0.500. The van der Waals surface area contributed by atoms with Gasteiger partial charge in [0.2, 0.25) is 0 Å². The van der Waals surface area contributed by atoms with Gasteiger partial charge in [0.1, 0.15) is 5.56 Å². The van der Waals surface area contributed by atoms with Gasteiger partial charge in [0, 0.05) is 13.5 Å². The summed E-state index contributed by atoms with van der Waals surface area (Å²) in [6.45, 7) is 0. The van der Waals surface area contributed by atoms with Crippen LogP contribution in [0.4, 0.5) is 8.78 Å². The van der Waals surface area contributed by atoms with E-state index in [2.05, 4.69) is 5.10 Å². The topological polar surface area (TPSA) is 55.1 Å². The lowest BCUT2D eigenvalue weighted by atomic mass is 10.2. The number of alkyl halides is 2. The van der Waals surface area contributed by atoms with Crippen LogP contribution in [0, 0.1) is 0 Å². The molecule has 1 N–H and O–H groups in total. The predicted octanol–water partition coefficient (Wildman–Crippen LogP) is 1.24. The van der Waals surface area contributed by atoms with Crippen LogP contribution < -0.4 is 0 Å². The second-order valence-corrected chi connectivity index (χ2v) is 3.39. The second-order valence-electron chi connectivity index (χ2n) is 3.39. The zero-order valence-electron chi connectivity index (χ0n) is 7.37. The first kappa shape index (κ1) is 9.11. The molecule has 1 aromatic rings. The summed E-state index contributed by atoms with van der Waals surface area (Å²) in [6.07, 6.45) is 0.818. The molecule has 1 aliphatic rings. The SMILES string of the molecule is Cn1ncc(C(=O)O)c1C1CC1(F)F. The highest BCUT2D eigenvalue weighted by atomic mass is 19.3. The molecule has 1 heterocycles. The maximum atomic E-state index is 12.7. The second kappa shape index (κ2) is 2.52. The number of nitrogens with zero attached hydrogens (tertiary/aromatic N) is 2. The third-order valence-corrected chi connectivity index (χ3v) is 2.37. The van der Waals surface area contributed by atoms with Gasteiger partial charge in [0.15, 0.2) is 0 Å². The quantitative estimate of drug-likeness (QED) is 0.784. The molecular formula is C8H8F2N2O2. The van der Waals surface area contributed by atoms with Gasteiger partial charge in [-0.25, -0.2) is 13.6 Å². The zero-order chi connectivity index (χ0) is 10.5. The highest BCUT2D eigenvalue weighted by Gasteiger charge is 2.60. The number of aromatic nitrogens is 2. The van der Waals surface area contributed by atoms with E-state index in [-0.39, 0.29) is 17.7 Å². The van der Waals surface area contributed by atoms with Gasteiger partial charge in [0.05, 0.1) is 17.8 Å². The third kappa shape index (κ3) is 1.18. The summed E-state index contributed by atoms with van der Waals surface area (Å²) in [4.78, 5) is 10.7. The van der Waals surface area contributed by atoms with Crippen molar-refractivity contribution in [1.82, 2.24) is 9.78 Å². The van der Waals surface area contributed by atoms with Gasteiger partial charge in [-0.05, 0) is 0 Å². The zero-order valence-corrected chi connectivity index (χ0v) is 7.37. The maximum Gasteiger partial charge on any atom is 0.339 e. The van der Waals surface area contributed by atoms with Crippen molar-refractivity contribution in [3.8, 4) is 0 Å². The molecule has 1 aliphatic carbocycles. The Kier molecular flexibility index (Phi) is 1.64. The van der Waals surface area contributed by atoms with Crippen LogP contribution in [-0.2, 0) is 7.05 Å². The minimum absolute atomic E-state index is 0.113. The smallest absolute Gasteiger partial charge is 0.339 e. The summed E-state index contributed by atoms with van der Waals surface area (Å²) in [7, 11) is 1.47. The largest absolute Gasteiger partial charge is 0.478 e. The number of hydrogen-bond donors (Lipinski definition) is 1. The van der Waals surface area contributed by atoms with Crippen molar-refractivity contribution in [3.63, 3.8) is 0 Å². The Balaban J connectivity index is 2.42. The Hall–Kier alpha value is -1.46. The van der Waals surface area contributed by atoms with Crippen LogP contribution >= 0.6 is 0 Å². The van der Waals surface area contributed by atoms with Gasteiger partial charge in [-0.1, -0.05) is 0 Å². The molecule has 0 radical (unpaired) electrons. The lowest BCUT2D eigenvalue weighted by molar-refractivity contribution is 0.0694. The van der Waals surface area contributed by atoms with Crippen LogP contribution in [0.1, 0.15) is 28.4 Å². The summed E-state index contributed by atoms with van der Waals surface area (Å²) in [5, 5.41) is 12.4. The Morgan fingerprint density at radius 2 is 2.36 bits per heavy atom. The normalized spacial score (nSPS) is 23.5. The number of halogens is 2. The summed E-state index contributed by atoms with van der Waals surface area (Å²) in [5.41, 5.74) is -0.0165. The highest BCUT2D eigenvalue weighted by molar-refractivity contribution is 5.89. The summed E-state index contributed by atoms with van der Waals surface area (Å²) >= 11 is 0. The van der Waals surface area contributed by atoms with E-state index in [1.807, 2.05) is 0 Å². The molecule has 14 heavy (non-hydrogen) atoms. The molecule has 1 aromatic heterocycles. The van der Waals surface area contributed by atoms with Crippen LogP contribution in [-0.4, -0.2) is 26.8 Å². The molecule has 0 aromatic carbocycles. The van der Waals surface area contributed by atoms with E-state index in [1.165, 1.54) is 11.7 Å². The van der Waals surface area contributed by atoms with Gasteiger partial charge in [0.25, 0.3) is 5.92 Å². The Morgan fingerprint density at radius 3 is 2.79 bits per heavy atom. The van der Waals surface area contributed by atoms with Gasteiger partial charge >= 0.3 is 5.97 Å². The number of aryl methyl sites for hydroxylation is 1. The molecule has 1 atom stereocenters. The summed E-state index contributed by atoms with van der Waals surface area (Å²) in [6, 6.07) is 0. The molecule has 1 fully saturated rings. The fourth-order valence-corrected chi connectivity index (χ4v) is 1.53. The molecule has 1 saturated carbocycles. The average molecular weight is 202 g/mol. The first-order chi connectivity index (χ1) is 6.43. The Bertz CT molecular complexity index is 400. The van der Waals surface area contributed by atoms with E-state index in [1.54, 1.807) is 0 Å². The number of hydrogen-bond acceptors (Lipinski definition) is 2. The average Bonchev–Trinajstić information content (AvgIpc) is 2.53. The minimum atomic E-state index is -2.77. The predicted molar refractivity (Wildman–Crippen MR) is 42.5 cm³/mol. The molecule has 6 heteroatoms. The van der Waals surface area contributed by atoms with Gasteiger partial charge in [-0.2, -0.15) is 5.10 Å². The van der Waals surface area contributed by atoms with Crippen molar-refractivity contribution in [2.75, 3.05) is 0 Å². The van der Waals surface area contributed by atoms with Gasteiger partial charge in [-0.15, -0.1) is 0 Å².